The molecule has 2 rings (SSSR count). The number of rotatable bonds is 6. The van der Waals surface area contributed by atoms with Crippen molar-refractivity contribution in [2.45, 2.75) is 13.0 Å². The molecule has 0 saturated heterocycles. The molecule has 0 aliphatic heterocycles. The van der Waals surface area contributed by atoms with Gasteiger partial charge in [0.1, 0.15) is 0 Å². The molecular weight excluding hydrogens is 246 g/mol. The Morgan fingerprint density at radius 3 is 2.95 bits per heavy atom. The summed E-state index contributed by atoms with van der Waals surface area (Å²) in [6, 6.07) is 7.26. The lowest BCUT2D eigenvalue weighted by atomic mass is 10.2. The minimum atomic E-state index is -1.08. The summed E-state index contributed by atoms with van der Waals surface area (Å²) in [5.41, 5.74) is 0.964. The van der Waals surface area contributed by atoms with Crippen molar-refractivity contribution in [3.05, 3.63) is 47.6 Å². The van der Waals surface area contributed by atoms with Crippen LogP contribution in [0, 0.1) is 0 Å². The molecule has 0 bridgehead atoms. The fourth-order valence-corrected chi connectivity index (χ4v) is 1.68. The van der Waals surface area contributed by atoms with Gasteiger partial charge in [-0.3, -0.25) is 9.88 Å². The zero-order valence-electron chi connectivity index (χ0n) is 10.6. The summed E-state index contributed by atoms with van der Waals surface area (Å²) in [5, 5.41) is 12.2. The first-order chi connectivity index (χ1) is 9.15. The van der Waals surface area contributed by atoms with E-state index in [1.165, 1.54) is 6.07 Å². The monoisotopic (exact) mass is 261 g/mol. The molecule has 0 saturated carbocycles. The summed E-state index contributed by atoms with van der Waals surface area (Å²) in [6.45, 7) is 1.33. The van der Waals surface area contributed by atoms with Crippen molar-refractivity contribution >= 4 is 5.97 Å². The molecule has 0 aliphatic carbocycles. The second-order valence-electron chi connectivity index (χ2n) is 4.29. The Morgan fingerprint density at radius 2 is 2.32 bits per heavy atom. The summed E-state index contributed by atoms with van der Waals surface area (Å²) in [7, 11) is 1.94. The van der Waals surface area contributed by atoms with E-state index in [-0.39, 0.29) is 5.69 Å². The molecule has 2 aromatic rings. The van der Waals surface area contributed by atoms with E-state index in [2.05, 4.69) is 10.1 Å². The third-order valence-corrected chi connectivity index (χ3v) is 2.68. The molecule has 0 fully saturated rings. The van der Waals surface area contributed by atoms with E-state index in [1.807, 2.05) is 30.1 Å². The van der Waals surface area contributed by atoms with E-state index in [1.54, 1.807) is 6.20 Å². The molecule has 6 nitrogen and oxygen atoms in total. The zero-order valence-corrected chi connectivity index (χ0v) is 10.6. The van der Waals surface area contributed by atoms with Crippen LogP contribution in [0.25, 0.3) is 0 Å². The molecule has 2 aromatic heterocycles. The highest BCUT2D eigenvalue weighted by atomic mass is 16.5. The van der Waals surface area contributed by atoms with E-state index in [4.69, 9.17) is 9.63 Å². The van der Waals surface area contributed by atoms with Gasteiger partial charge in [-0.25, -0.2) is 4.79 Å². The van der Waals surface area contributed by atoms with Crippen LogP contribution in [0.5, 0.6) is 0 Å². The van der Waals surface area contributed by atoms with Crippen LogP contribution in [-0.2, 0) is 13.0 Å². The van der Waals surface area contributed by atoms with Gasteiger partial charge in [0, 0.05) is 30.9 Å². The summed E-state index contributed by atoms with van der Waals surface area (Å²) in [5.74, 6) is -0.535. The van der Waals surface area contributed by atoms with Gasteiger partial charge in [0.25, 0.3) is 0 Å². The van der Waals surface area contributed by atoms with Crippen molar-refractivity contribution < 1.29 is 14.4 Å². The average Bonchev–Trinajstić information content (AvgIpc) is 2.86. The summed E-state index contributed by atoms with van der Waals surface area (Å²) in [6.07, 6.45) is 2.60. The quantitative estimate of drug-likeness (QED) is 0.847. The summed E-state index contributed by atoms with van der Waals surface area (Å²) < 4.78 is 4.96. The minimum absolute atomic E-state index is 0.0619. The molecule has 100 valence electrons. The first-order valence-corrected chi connectivity index (χ1v) is 5.92. The lowest BCUT2D eigenvalue weighted by molar-refractivity contribution is 0.0685. The molecule has 0 aromatic carbocycles. The normalized spacial score (nSPS) is 10.8. The van der Waals surface area contributed by atoms with E-state index >= 15 is 0 Å². The topological polar surface area (TPSA) is 79.5 Å². The van der Waals surface area contributed by atoms with Gasteiger partial charge in [0.15, 0.2) is 11.5 Å². The highest BCUT2D eigenvalue weighted by Crippen LogP contribution is 2.07. The Hall–Kier alpha value is -2.21. The van der Waals surface area contributed by atoms with Crippen LogP contribution < -0.4 is 0 Å². The van der Waals surface area contributed by atoms with E-state index < -0.39 is 5.97 Å². The molecule has 0 atom stereocenters. The van der Waals surface area contributed by atoms with Gasteiger partial charge in [-0.15, -0.1) is 0 Å². The second-order valence-corrected chi connectivity index (χ2v) is 4.29. The SMILES string of the molecule is CN(CCc1ccccn1)Cc1cc(C(=O)O)no1. The summed E-state index contributed by atoms with van der Waals surface area (Å²) >= 11 is 0. The number of nitrogens with zero attached hydrogens (tertiary/aromatic N) is 3. The largest absolute Gasteiger partial charge is 0.476 e. The maximum atomic E-state index is 10.7. The first-order valence-electron chi connectivity index (χ1n) is 5.92. The Balaban J connectivity index is 1.83. The van der Waals surface area contributed by atoms with Crippen LogP contribution in [0.2, 0.25) is 0 Å². The Morgan fingerprint density at radius 1 is 1.47 bits per heavy atom. The first kappa shape index (κ1) is 13.2. The fraction of sp³-hybridized carbons (Fsp3) is 0.308. The molecule has 0 aliphatic rings. The third-order valence-electron chi connectivity index (χ3n) is 2.68. The second kappa shape index (κ2) is 6.10. The van der Waals surface area contributed by atoms with Crippen LogP contribution >= 0.6 is 0 Å². The van der Waals surface area contributed by atoms with Gasteiger partial charge in [-0.1, -0.05) is 11.2 Å². The molecule has 2 heterocycles. The number of aromatic nitrogens is 2. The smallest absolute Gasteiger partial charge is 0.358 e. The number of aromatic carboxylic acids is 1. The van der Waals surface area contributed by atoms with Crippen LogP contribution in [0.3, 0.4) is 0 Å². The molecular formula is C13H15N3O3. The lowest BCUT2D eigenvalue weighted by Crippen LogP contribution is -2.20. The number of carboxylic acids is 1. The van der Waals surface area contributed by atoms with Gasteiger partial charge in [-0.2, -0.15) is 0 Å². The van der Waals surface area contributed by atoms with Crippen LogP contribution in [0.4, 0.5) is 0 Å². The van der Waals surface area contributed by atoms with E-state index in [9.17, 15) is 4.79 Å². The predicted octanol–water partition coefficient (Wildman–Crippen LogP) is 1.44. The molecule has 0 spiro atoms. The van der Waals surface area contributed by atoms with Gasteiger partial charge in [-0.05, 0) is 19.2 Å². The Kier molecular flexibility index (Phi) is 4.25. The highest BCUT2D eigenvalue weighted by Gasteiger charge is 2.12. The predicted molar refractivity (Wildman–Crippen MR) is 67.7 cm³/mol. The van der Waals surface area contributed by atoms with Crippen LogP contribution in [-0.4, -0.2) is 39.7 Å². The fourth-order valence-electron chi connectivity index (χ4n) is 1.68. The van der Waals surface area contributed by atoms with E-state index in [0.717, 1.165) is 18.7 Å². The Labute approximate surface area is 110 Å². The molecule has 6 heteroatoms. The van der Waals surface area contributed by atoms with Crippen molar-refractivity contribution in [2.75, 3.05) is 13.6 Å². The van der Waals surface area contributed by atoms with Crippen molar-refractivity contribution in [1.82, 2.24) is 15.0 Å². The molecule has 0 unspecified atom stereocenters. The number of carboxylic acid groups (broad SMARTS) is 1. The van der Waals surface area contributed by atoms with Gasteiger partial charge in [0.05, 0.1) is 6.54 Å². The summed E-state index contributed by atoms with van der Waals surface area (Å²) in [4.78, 5) is 16.9. The molecule has 0 radical (unpaired) electrons. The number of likely N-dealkylation sites (N-methyl/N-ethyl adjacent to an activating group) is 1. The van der Waals surface area contributed by atoms with Crippen molar-refractivity contribution in [1.29, 1.82) is 0 Å². The van der Waals surface area contributed by atoms with Gasteiger partial charge >= 0.3 is 5.97 Å². The zero-order chi connectivity index (χ0) is 13.7. The van der Waals surface area contributed by atoms with E-state index in [0.29, 0.717) is 12.3 Å². The minimum Gasteiger partial charge on any atom is -0.476 e. The molecule has 19 heavy (non-hydrogen) atoms. The maximum absolute atomic E-state index is 10.7. The maximum Gasteiger partial charge on any atom is 0.358 e. The van der Waals surface area contributed by atoms with Gasteiger partial charge in [0.2, 0.25) is 0 Å². The lowest BCUT2D eigenvalue weighted by Gasteiger charge is -2.13. The van der Waals surface area contributed by atoms with Crippen LogP contribution in [0.1, 0.15) is 21.9 Å². The van der Waals surface area contributed by atoms with Crippen molar-refractivity contribution in [3.63, 3.8) is 0 Å². The standard InChI is InChI=1S/C13H15N3O3/c1-16(7-5-10-4-2-3-6-14-10)9-11-8-12(13(17)18)15-19-11/h2-4,6,8H,5,7,9H2,1H3,(H,17,18). The average molecular weight is 261 g/mol. The highest BCUT2D eigenvalue weighted by molar-refractivity contribution is 5.85. The van der Waals surface area contributed by atoms with Gasteiger partial charge < -0.3 is 9.63 Å². The third kappa shape index (κ3) is 3.89. The van der Waals surface area contributed by atoms with Crippen LogP contribution in [0.15, 0.2) is 35.0 Å². The number of hydrogen-bond acceptors (Lipinski definition) is 5. The number of hydrogen-bond donors (Lipinski definition) is 1. The Bertz CT molecular complexity index is 539. The number of pyridine rings is 1. The van der Waals surface area contributed by atoms with Crippen molar-refractivity contribution in [2.24, 2.45) is 0 Å². The molecule has 0 amide bonds. The number of carbonyl (C=O) groups is 1. The molecule has 1 N–H and O–H groups in total. The van der Waals surface area contributed by atoms with Crippen molar-refractivity contribution in [3.8, 4) is 0 Å².